The number of hydrogen-bond acceptors (Lipinski definition) is 5. The van der Waals surface area contributed by atoms with E-state index in [-0.39, 0.29) is 6.17 Å². The summed E-state index contributed by atoms with van der Waals surface area (Å²) < 4.78 is 9.06. The second kappa shape index (κ2) is 12.2. The Labute approximate surface area is 325 Å². The maximum absolute atomic E-state index is 6.53. The smallest absolute Gasteiger partial charge is 0.159 e. The Morgan fingerprint density at radius 1 is 0.411 bits per heavy atom. The molecule has 0 fully saturated rings. The van der Waals surface area contributed by atoms with Gasteiger partial charge >= 0.3 is 0 Å². The molecule has 0 radical (unpaired) electrons. The van der Waals surface area contributed by atoms with E-state index >= 15 is 0 Å². The highest BCUT2D eigenvalue weighted by atomic mass is 32.1. The standard InChI is InChI=1S/C51H31N3OS/c1-2-10-30(11-3-1)49-52-50(54-51(53-49)34-20-24-42-41-16-8-9-17-47(41)56-48(42)29-34)33-19-23-40-44-27-32(21-25-45(44)55-46(40)28-33)31-18-22-39-37-14-5-4-12-35(37)36-13-6-7-15-38(36)43(39)26-31/h1-29,49H,(H,52,53,54). The van der Waals surface area contributed by atoms with E-state index in [0.29, 0.717) is 5.84 Å². The predicted octanol–water partition coefficient (Wildman–Crippen LogP) is 13.6. The zero-order chi connectivity index (χ0) is 36.7. The summed E-state index contributed by atoms with van der Waals surface area (Å²) in [7, 11) is 0. The highest BCUT2D eigenvalue weighted by Gasteiger charge is 2.22. The molecular weight excluding hydrogens is 703 g/mol. The molecule has 11 aromatic rings. The highest BCUT2D eigenvalue weighted by molar-refractivity contribution is 7.25. The van der Waals surface area contributed by atoms with Gasteiger partial charge in [-0.05, 0) is 91.5 Å². The Balaban J connectivity index is 0.954. The minimum Gasteiger partial charge on any atom is -0.456 e. The molecule has 1 aliphatic rings. The van der Waals surface area contributed by atoms with Crippen LogP contribution in [-0.4, -0.2) is 11.7 Å². The Morgan fingerprint density at radius 2 is 0.982 bits per heavy atom. The number of aliphatic imine (C=N–C) groups is 2. The molecule has 3 heterocycles. The van der Waals surface area contributed by atoms with Crippen LogP contribution in [0.4, 0.5) is 0 Å². The predicted molar refractivity (Wildman–Crippen MR) is 236 cm³/mol. The Hall–Kier alpha value is -7.08. The number of amidine groups is 2. The molecule has 5 heteroatoms. The number of thiophene rings is 1. The van der Waals surface area contributed by atoms with Gasteiger partial charge in [0, 0.05) is 42.1 Å². The van der Waals surface area contributed by atoms with E-state index in [0.717, 1.165) is 50.0 Å². The van der Waals surface area contributed by atoms with Crippen LogP contribution in [0.15, 0.2) is 190 Å². The molecule has 0 bridgehead atoms. The molecule has 0 saturated carbocycles. The van der Waals surface area contributed by atoms with Crippen LogP contribution >= 0.6 is 11.3 Å². The van der Waals surface area contributed by atoms with Gasteiger partial charge in [-0.3, -0.25) is 0 Å². The van der Waals surface area contributed by atoms with E-state index in [1.165, 1.54) is 58.1 Å². The van der Waals surface area contributed by atoms with Crippen LogP contribution in [0.2, 0.25) is 0 Å². The largest absolute Gasteiger partial charge is 0.456 e. The average molecular weight is 734 g/mol. The van der Waals surface area contributed by atoms with Crippen molar-refractivity contribution in [3.05, 3.63) is 193 Å². The first-order valence-corrected chi connectivity index (χ1v) is 19.7. The SMILES string of the molecule is c1ccc(C2N=C(c3ccc4c(c3)oc3ccc(-c5ccc6c7ccccc7c7ccccc7c6c5)cc34)N=C(c3ccc4c(c3)sc3ccccc34)N2)cc1. The van der Waals surface area contributed by atoms with Crippen LogP contribution in [0.1, 0.15) is 22.9 Å². The van der Waals surface area contributed by atoms with Gasteiger partial charge in [-0.1, -0.05) is 133 Å². The van der Waals surface area contributed by atoms with Crippen LogP contribution in [-0.2, 0) is 0 Å². The summed E-state index contributed by atoms with van der Waals surface area (Å²) in [4.78, 5) is 10.3. The van der Waals surface area contributed by atoms with Crippen LogP contribution < -0.4 is 5.32 Å². The number of nitrogens with one attached hydrogen (secondary N) is 1. The van der Waals surface area contributed by atoms with E-state index < -0.39 is 0 Å². The summed E-state index contributed by atoms with van der Waals surface area (Å²) in [5.74, 6) is 1.47. The molecule has 1 aliphatic heterocycles. The van der Waals surface area contributed by atoms with Gasteiger partial charge in [-0.15, -0.1) is 11.3 Å². The zero-order valence-corrected chi connectivity index (χ0v) is 30.8. The van der Waals surface area contributed by atoms with Crippen LogP contribution in [0.25, 0.3) is 85.6 Å². The monoisotopic (exact) mass is 733 g/mol. The van der Waals surface area contributed by atoms with Crippen LogP contribution in [0, 0.1) is 0 Å². The van der Waals surface area contributed by atoms with Crippen LogP contribution in [0.5, 0.6) is 0 Å². The van der Waals surface area contributed by atoms with Gasteiger partial charge in [0.15, 0.2) is 5.84 Å². The normalized spacial score (nSPS) is 14.6. The van der Waals surface area contributed by atoms with Crippen molar-refractivity contribution in [1.82, 2.24) is 5.32 Å². The molecule has 262 valence electrons. The van der Waals surface area contributed by atoms with Gasteiger partial charge in [-0.2, -0.15) is 0 Å². The molecule has 56 heavy (non-hydrogen) atoms. The third-order valence-corrected chi connectivity index (χ3v) is 12.5. The molecule has 2 aromatic heterocycles. The lowest BCUT2D eigenvalue weighted by molar-refractivity contribution is 0.667. The van der Waals surface area contributed by atoms with Crippen molar-refractivity contribution in [3.63, 3.8) is 0 Å². The minimum atomic E-state index is -0.289. The average Bonchev–Trinajstić information content (AvgIpc) is 3.83. The van der Waals surface area contributed by atoms with E-state index in [1.807, 2.05) is 17.4 Å². The number of rotatable bonds is 4. The van der Waals surface area contributed by atoms with E-state index in [1.54, 1.807) is 0 Å². The molecule has 1 N–H and O–H groups in total. The van der Waals surface area contributed by atoms with E-state index in [2.05, 4.69) is 175 Å². The molecular formula is C51H31N3OS. The summed E-state index contributed by atoms with van der Waals surface area (Å²) in [6, 6.07) is 62.8. The van der Waals surface area contributed by atoms with Gasteiger partial charge in [0.25, 0.3) is 0 Å². The molecule has 0 aliphatic carbocycles. The summed E-state index contributed by atoms with van der Waals surface area (Å²) in [6.45, 7) is 0. The van der Waals surface area contributed by atoms with Gasteiger partial charge < -0.3 is 9.73 Å². The first-order valence-electron chi connectivity index (χ1n) is 18.9. The van der Waals surface area contributed by atoms with Gasteiger partial charge in [0.1, 0.15) is 23.2 Å². The quantitative estimate of drug-likeness (QED) is 0.183. The number of hydrogen-bond donors (Lipinski definition) is 1. The fraction of sp³-hybridized carbons (Fsp3) is 0.0196. The molecule has 9 aromatic carbocycles. The van der Waals surface area contributed by atoms with Crippen LogP contribution in [0.3, 0.4) is 0 Å². The maximum Gasteiger partial charge on any atom is 0.159 e. The molecule has 0 saturated heterocycles. The van der Waals surface area contributed by atoms with Crippen molar-refractivity contribution in [2.75, 3.05) is 0 Å². The van der Waals surface area contributed by atoms with Crippen molar-refractivity contribution in [3.8, 4) is 11.1 Å². The Kier molecular flexibility index (Phi) is 6.83. The van der Waals surface area contributed by atoms with Gasteiger partial charge in [-0.25, -0.2) is 9.98 Å². The third kappa shape index (κ3) is 4.91. The summed E-state index contributed by atoms with van der Waals surface area (Å²) in [5.41, 5.74) is 7.02. The summed E-state index contributed by atoms with van der Waals surface area (Å²) in [5, 5.41) is 16.0. The van der Waals surface area contributed by atoms with E-state index in [4.69, 9.17) is 14.4 Å². The summed E-state index contributed by atoms with van der Waals surface area (Å²) in [6.07, 6.45) is -0.289. The second-order valence-corrected chi connectivity index (χ2v) is 15.6. The molecule has 12 rings (SSSR count). The zero-order valence-electron chi connectivity index (χ0n) is 30.0. The lowest BCUT2D eigenvalue weighted by Gasteiger charge is -2.23. The van der Waals surface area contributed by atoms with Gasteiger partial charge in [0.05, 0.1) is 0 Å². The number of fused-ring (bicyclic) bond motifs is 12. The number of nitrogens with zero attached hydrogens (tertiary/aromatic N) is 2. The Morgan fingerprint density at radius 3 is 1.77 bits per heavy atom. The van der Waals surface area contributed by atoms with E-state index in [9.17, 15) is 0 Å². The lowest BCUT2D eigenvalue weighted by atomic mass is 9.92. The fourth-order valence-electron chi connectivity index (χ4n) is 8.59. The first-order chi connectivity index (χ1) is 27.7. The molecule has 1 atom stereocenters. The maximum atomic E-state index is 6.53. The fourth-order valence-corrected chi connectivity index (χ4v) is 9.73. The van der Waals surface area contributed by atoms with Crippen molar-refractivity contribution in [2.45, 2.75) is 6.17 Å². The number of benzene rings is 9. The Bertz CT molecular complexity index is 3430. The topological polar surface area (TPSA) is 49.9 Å². The first kappa shape index (κ1) is 31.3. The lowest BCUT2D eigenvalue weighted by Crippen LogP contribution is -2.33. The van der Waals surface area contributed by atoms with Crippen molar-refractivity contribution < 1.29 is 4.42 Å². The minimum absolute atomic E-state index is 0.289. The highest BCUT2D eigenvalue weighted by Crippen LogP contribution is 2.39. The molecule has 0 amide bonds. The van der Waals surface area contributed by atoms with Crippen molar-refractivity contribution in [1.29, 1.82) is 0 Å². The molecule has 4 nitrogen and oxygen atoms in total. The summed E-state index contributed by atoms with van der Waals surface area (Å²) >= 11 is 1.81. The number of furan rings is 1. The van der Waals surface area contributed by atoms with Gasteiger partial charge in [0.2, 0.25) is 0 Å². The molecule has 1 unspecified atom stereocenters. The van der Waals surface area contributed by atoms with Crippen molar-refractivity contribution in [2.24, 2.45) is 9.98 Å². The van der Waals surface area contributed by atoms with Crippen molar-refractivity contribution >= 4 is 97.4 Å². The third-order valence-electron chi connectivity index (χ3n) is 11.3. The molecule has 0 spiro atoms. The second-order valence-electron chi connectivity index (χ2n) is 14.6.